The monoisotopic (exact) mass is 207 g/mol. The molecule has 2 heterocycles. The van der Waals surface area contributed by atoms with Crippen LogP contribution in [-0.4, -0.2) is 35.1 Å². The van der Waals surface area contributed by atoms with E-state index in [0.29, 0.717) is 13.0 Å². The minimum absolute atomic E-state index is 0.000278. The van der Waals surface area contributed by atoms with E-state index in [-0.39, 0.29) is 11.9 Å². The fourth-order valence-corrected chi connectivity index (χ4v) is 1.53. The van der Waals surface area contributed by atoms with Gasteiger partial charge >= 0.3 is 0 Å². The molecule has 15 heavy (non-hydrogen) atoms. The van der Waals surface area contributed by atoms with E-state index in [1.54, 1.807) is 12.4 Å². The van der Waals surface area contributed by atoms with E-state index in [0.717, 1.165) is 18.6 Å². The first-order valence-corrected chi connectivity index (χ1v) is 4.95. The van der Waals surface area contributed by atoms with Crippen LogP contribution in [0.4, 0.5) is 0 Å². The number of rotatable bonds is 3. The van der Waals surface area contributed by atoms with Crippen molar-refractivity contribution in [3.8, 4) is 0 Å². The number of carbonyl (C=O) groups is 1. The largest absolute Gasteiger partial charge is 0.379 e. The van der Waals surface area contributed by atoms with Gasteiger partial charge in [0.2, 0.25) is 5.91 Å². The lowest BCUT2D eigenvalue weighted by Crippen LogP contribution is -2.36. The third-order valence-corrected chi connectivity index (χ3v) is 2.27. The van der Waals surface area contributed by atoms with E-state index in [4.69, 9.17) is 4.74 Å². The Labute approximate surface area is 87.9 Å². The average Bonchev–Trinajstić information content (AvgIpc) is 2.71. The summed E-state index contributed by atoms with van der Waals surface area (Å²) in [6.07, 6.45) is 5.98. The molecule has 80 valence electrons. The van der Waals surface area contributed by atoms with Crippen LogP contribution in [0.3, 0.4) is 0 Å². The quantitative estimate of drug-likeness (QED) is 0.753. The van der Waals surface area contributed by atoms with Gasteiger partial charge < -0.3 is 10.1 Å². The first-order valence-electron chi connectivity index (χ1n) is 4.95. The van der Waals surface area contributed by atoms with Crippen LogP contribution in [0.15, 0.2) is 18.7 Å². The summed E-state index contributed by atoms with van der Waals surface area (Å²) >= 11 is 0. The van der Waals surface area contributed by atoms with Crippen molar-refractivity contribution in [2.75, 3.05) is 13.2 Å². The Hall–Kier alpha value is -1.49. The number of nitrogens with zero attached hydrogens (tertiary/aromatic N) is 2. The van der Waals surface area contributed by atoms with Crippen molar-refractivity contribution in [1.29, 1.82) is 0 Å². The summed E-state index contributed by atoms with van der Waals surface area (Å²) in [7, 11) is 0. The van der Waals surface area contributed by atoms with Crippen molar-refractivity contribution in [3.05, 3.63) is 24.3 Å². The number of hydrogen-bond donors (Lipinski definition) is 1. The van der Waals surface area contributed by atoms with Crippen LogP contribution in [-0.2, 0) is 16.0 Å². The Morgan fingerprint density at radius 3 is 3.00 bits per heavy atom. The number of ether oxygens (including phenoxy) is 1. The molecule has 1 aliphatic heterocycles. The first-order chi connectivity index (χ1) is 7.34. The molecule has 1 N–H and O–H groups in total. The third kappa shape index (κ3) is 2.99. The predicted molar refractivity (Wildman–Crippen MR) is 53.1 cm³/mol. The van der Waals surface area contributed by atoms with E-state index in [1.165, 1.54) is 6.33 Å². The summed E-state index contributed by atoms with van der Waals surface area (Å²) in [4.78, 5) is 19.3. The highest BCUT2D eigenvalue weighted by atomic mass is 16.5. The normalized spacial score (nSPS) is 20.1. The number of amides is 1. The molecule has 0 spiro atoms. The highest BCUT2D eigenvalue weighted by Gasteiger charge is 2.17. The molecule has 0 aromatic carbocycles. The molecular weight excluding hydrogens is 194 g/mol. The van der Waals surface area contributed by atoms with Crippen molar-refractivity contribution in [3.63, 3.8) is 0 Å². The number of nitrogens with one attached hydrogen (secondary N) is 1. The van der Waals surface area contributed by atoms with Gasteiger partial charge in [0.25, 0.3) is 0 Å². The summed E-state index contributed by atoms with van der Waals surface area (Å²) in [5, 5.41) is 2.91. The van der Waals surface area contributed by atoms with Crippen LogP contribution < -0.4 is 5.32 Å². The summed E-state index contributed by atoms with van der Waals surface area (Å²) in [5.41, 5.74) is 0.828. The Kier molecular flexibility index (Phi) is 3.24. The Morgan fingerprint density at radius 2 is 2.33 bits per heavy atom. The topological polar surface area (TPSA) is 64.1 Å². The Balaban J connectivity index is 1.82. The highest BCUT2D eigenvalue weighted by molar-refractivity contribution is 5.78. The zero-order chi connectivity index (χ0) is 10.5. The van der Waals surface area contributed by atoms with Gasteiger partial charge in [0.15, 0.2) is 0 Å². The van der Waals surface area contributed by atoms with Gasteiger partial charge in [-0.15, -0.1) is 0 Å². The molecule has 2 rings (SSSR count). The standard InChI is InChI=1S/C10H13N3O2/c14-10(13-9-1-2-15-6-9)3-8-4-11-7-12-5-8/h4-5,7,9H,1-3,6H2,(H,13,14). The first kappa shape index (κ1) is 10.0. The van der Waals surface area contributed by atoms with Gasteiger partial charge in [-0.05, 0) is 12.0 Å². The van der Waals surface area contributed by atoms with Crippen LogP contribution in [0.2, 0.25) is 0 Å². The van der Waals surface area contributed by atoms with Crippen molar-refractivity contribution in [1.82, 2.24) is 15.3 Å². The maximum absolute atomic E-state index is 11.5. The van der Waals surface area contributed by atoms with Gasteiger partial charge in [-0.1, -0.05) is 0 Å². The second-order valence-corrected chi connectivity index (χ2v) is 3.55. The molecule has 1 aromatic heterocycles. The number of carbonyl (C=O) groups excluding carboxylic acids is 1. The molecule has 1 fully saturated rings. The van der Waals surface area contributed by atoms with Crippen LogP contribution in [0, 0.1) is 0 Å². The van der Waals surface area contributed by atoms with Gasteiger partial charge in [-0.2, -0.15) is 0 Å². The van der Waals surface area contributed by atoms with Gasteiger partial charge in [-0.25, -0.2) is 9.97 Å². The summed E-state index contributed by atoms with van der Waals surface area (Å²) in [5.74, 6) is 0.000278. The smallest absolute Gasteiger partial charge is 0.224 e. The SMILES string of the molecule is O=C(Cc1cncnc1)NC1CCOC1. The lowest BCUT2D eigenvalue weighted by atomic mass is 10.2. The molecule has 1 aromatic rings. The molecule has 1 atom stereocenters. The molecule has 5 heteroatoms. The Morgan fingerprint density at radius 1 is 1.53 bits per heavy atom. The second-order valence-electron chi connectivity index (χ2n) is 3.55. The summed E-state index contributed by atoms with van der Waals surface area (Å²) < 4.78 is 5.17. The molecule has 5 nitrogen and oxygen atoms in total. The second kappa shape index (κ2) is 4.84. The molecule has 0 saturated carbocycles. The zero-order valence-electron chi connectivity index (χ0n) is 8.35. The maximum Gasteiger partial charge on any atom is 0.224 e. The van der Waals surface area contributed by atoms with Crippen LogP contribution >= 0.6 is 0 Å². The van der Waals surface area contributed by atoms with Gasteiger partial charge in [0.1, 0.15) is 6.33 Å². The predicted octanol–water partition coefficient (Wildman–Crippen LogP) is -0.0758. The molecular formula is C10H13N3O2. The molecule has 0 bridgehead atoms. The fourth-order valence-electron chi connectivity index (χ4n) is 1.53. The minimum atomic E-state index is 0.000278. The van der Waals surface area contributed by atoms with Crippen LogP contribution in [0.5, 0.6) is 0 Å². The van der Waals surface area contributed by atoms with Crippen LogP contribution in [0.25, 0.3) is 0 Å². The average molecular weight is 207 g/mol. The van der Waals surface area contributed by atoms with Gasteiger partial charge in [0, 0.05) is 19.0 Å². The molecule has 1 unspecified atom stereocenters. The van der Waals surface area contributed by atoms with Crippen LogP contribution in [0.1, 0.15) is 12.0 Å². The van der Waals surface area contributed by atoms with Crippen molar-refractivity contribution in [2.24, 2.45) is 0 Å². The third-order valence-electron chi connectivity index (χ3n) is 2.27. The van der Waals surface area contributed by atoms with Crippen molar-refractivity contribution < 1.29 is 9.53 Å². The number of aromatic nitrogens is 2. The van der Waals surface area contributed by atoms with Gasteiger partial charge in [0.05, 0.1) is 19.1 Å². The van der Waals surface area contributed by atoms with E-state index in [2.05, 4.69) is 15.3 Å². The fraction of sp³-hybridized carbons (Fsp3) is 0.500. The summed E-state index contributed by atoms with van der Waals surface area (Å²) in [6, 6.07) is 0.169. The Bertz CT molecular complexity index is 323. The lowest BCUT2D eigenvalue weighted by molar-refractivity contribution is -0.121. The molecule has 1 amide bonds. The van der Waals surface area contributed by atoms with E-state index in [9.17, 15) is 4.79 Å². The van der Waals surface area contributed by atoms with E-state index < -0.39 is 0 Å². The molecule has 1 aliphatic rings. The minimum Gasteiger partial charge on any atom is -0.379 e. The van der Waals surface area contributed by atoms with Crippen molar-refractivity contribution >= 4 is 5.91 Å². The molecule has 1 saturated heterocycles. The summed E-state index contributed by atoms with van der Waals surface area (Å²) in [6.45, 7) is 1.36. The van der Waals surface area contributed by atoms with Crippen molar-refractivity contribution in [2.45, 2.75) is 18.9 Å². The number of hydrogen-bond acceptors (Lipinski definition) is 4. The highest BCUT2D eigenvalue weighted by Crippen LogP contribution is 2.03. The van der Waals surface area contributed by atoms with E-state index >= 15 is 0 Å². The molecule has 0 radical (unpaired) electrons. The molecule has 0 aliphatic carbocycles. The zero-order valence-corrected chi connectivity index (χ0v) is 8.35. The van der Waals surface area contributed by atoms with E-state index in [1.807, 2.05) is 0 Å². The maximum atomic E-state index is 11.5. The van der Waals surface area contributed by atoms with Gasteiger partial charge in [-0.3, -0.25) is 4.79 Å². The lowest BCUT2D eigenvalue weighted by Gasteiger charge is -2.09.